The Morgan fingerprint density at radius 3 is 2.49 bits per heavy atom. The van der Waals surface area contributed by atoms with Crippen molar-refractivity contribution < 1.29 is 40.6 Å². The molecule has 1 aromatic carbocycles. The summed E-state index contributed by atoms with van der Waals surface area (Å²) in [6.07, 6.45) is -6.52. The van der Waals surface area contributed by atoms with Crippen LogP contribution in [0.4, 0.5) is 37.8 Å². The molecule has 2 saturated heterocycles. The summed E-state index contributed by atoms with van der Waals surface area (Å²) >= 11 is 0. The zero-order valence-corrected chi connectivity index (χ0v) is 26.7. The minimum absolute atomic E-state index is 0.0368. The normalized spacial score (nSPS) is 20.1. The number of halogens is 6. The zero-order valence-electron chi connectivity index (χ0n) is 26.7. The molecule has 16 heteroatoms. The summed E-state index contributed by atoms with van der Waals surface area (Å²) in [7, 11) is 0. The predicted molar refractivity (Wildman–Crippen MR) is 164 cm³/mol. The van der Waals surface area contributed by atoms with E-state index in [2.05, 4.69) is 25.6 Å². The molecule has 0 amide bonds. The molecule has 47 heavy (non-hydrogen) atoms. The lowest BCUT2D eigenvalue weighted by Gasteiger charge is -2.55. The molecule has 2 fully saturated rings. The summed E-state index contributed by atoms with van der Waals surface area (Å²) in [6.45, 7) is 10.4. The molecule has 0 radical (unpaired) electrons. The van der Waals surface area contributed by atoms with E-state index >= 15 is 4.39 Å². The van der Waals surface area contributed by atoms with E-state index in [1.807, 2.05) is 18.7 Å². The number of nitrogens with zero attached hydrogens (tertiary/aromatic N) is 4. The van der Waals surface area contributed by atoms with Crippen molar-refractivity contribution in [3.05, 3.63) is 28.8 Å². The number of rotatable bonds is 6. The van der Waals surface area contributed by atoms with Crippen LogP contribution < -0.4 is 25.8 Å². The number of benzene rings is 1. The maximum absolute atomic E-state index is 16.4. The van der Waals surface area contributed by atoms with Crippen LogP contribution in [0.15, 0.2) is 6.07 Å². The van der Waals surface area contributed by atoms with Gasteiger partial charge in [0.2, 0.25) is 5.88 Å². The number of nitrogen functional groups attached to an aromatic ring is 1. The van der Waals surface area contributed by atoms with Gasteiger partial charge in [0.1, 0.15) is 41.0 Å². The summed E-state index contributed by atoms with van der Waals surface area (Å²) in [4.78, 5) is 14.6. The Morgan fingerprint density at radius 2 is 1.83 bits per heavy atom. The van der Waals surface area contributed by atoms with Gasteiger partial charge in [0.05, 0.1) is 30.6 Å². The Labute approximate surface area is 268 Å². The van der Waals surface area contributed by atoms with E-state index < -0.39 is 76.3 Å². The lowest BCUT2D eigenvalue weighted by atomic mass is 9.78. The molecule has 3 aliphatic rings. The average molecular weight is 672 g/mol. The van der Waals surface area contributed by atoms with Crippen molar-refractivity contribution in [1.82, 2.24) is 25.2 Å². The van der Waals surface area contributed by atoms with Gasteiger partial charge in [-0.2, -0.15) is 23.1 Å². The molecule has 2 aromatic heterocycles. The van der Waals surface area contributed by atoms with Crippen molar-refractivity contribution in [1.29, 1.82) is 0 Å². The summed E-state index contributed by atoms with van der Waals surface area (Å²) < 4.78 is 106. The van der Waals surface area contributed by atoms with Gasteiger partial charge in [-0.05, 0) is 38.4 Å². The Balaban J connectivity index is 0.00000213. The van der Waals surface area contributed by atoms with Crippen molar-refractivity contribution in [2.24, 2.45) is 5.41 Å². The average Bonchev–Trinajstić information content (AvgIpc) is 3.01. The maximum atomic E-state index is 16.4. The topological polar surface area (TPSA) is 120 Å². The summed E-state index contributed by atoms with van der Waals surface area (Å²) in [6, 6.07) is 0.290. The highest BCUT2D eigenvalue weighted by Crippen LogP contribution is 2.45. The van der Waals surface area contributed by atoms with E-state index in [1.165, 1.54) is 0 Å². The maximum Gasteiger partial charge on any atom is 0.417 e. The third-order valence-corrected chi connectivity index (χ3v) is 8.22. The first-order valence-electron chi connectivity index (χ1n) is 15.6. The Morgan fingerprint density at radius 1 is 1.11 bits per heavy atom. The van der Waals surface area contributed by atoms with E-state index in [9.17, 15) is 22.0 Å². The molecule has 258 valence electrons. The standard InChI is InChI=1S/C29H33F6N7O3.C2H6/c1-14-3-4-37-5-6-38-25-19-24(40-27(41-25)44-9-16(30)8-42-10-28(11-42)12-43-13-28)22(32)23(39-26(19)45-14)17-7-18(36)21(31)15(2)20(17)29(33,34)35;1-2/h7,14,16,37H,3-6,8-13,36H2,1-2H3,(H,38,40,41);1-2H3. The molecule has 6 rings (SSSR count). The molecule has 3 aromatic rings. The number of likely N-dealkylation sites (tertiary alicyclic amines) is 1. The Kier molecular flexibility index (Phi) is 10.2. The van der Waals surface area contributed by atoms with Gasteiger partial charge in [0.15, 0.2) is 5.82 Å². The molecule has 10 nitrogen and oxygen atoms in total. The van der Waals surface area contributed by atoms with Gasteiger partial charge in [-0.1, -0.05) is 13.8 Å². The molecule has 2 unspecified atom stereocenters. The number of ether oxygens (including phenoxy) is 3. The molecule has 0 bridgehead atoms. The van der Waals surface area contributed by atoms with Crippen LogP contribution in [0, 0.1) is 24.0 Å². The monoisotopic (exact) mass is 671 g/mol. The van der Waals surface area contributed by atoms with Gasteiger partial charge < -0.3 is 30.6 Å². The molecular weight excluding hydrogens is 632 g/mol. The van der Waals surface area contributed by atoms with Gasteiger partial charge in [0, 0.05) is 43.7 Å². The fourth-order valence-electron chi connectivity index (χ4n) is 6.00. The highest BCUT2D eigenvalue weighted by Gasteiger charge is 2.49. The number of alkyl halides is 4. The molecular formula is C31H39F6N7O3. The van der Waals surface area contributed by atoms with Crippen molar-refractivity contribution >= 4 is 22.4 Å². The van der Waals surface area contributed by atoms with Crippen LogP contribution in [0.1, 0.15) is 38.3 Å². The van der Waals surface area contributed by atoms with E-state index in [1.54, 1.807) is 6.92 Å². The van der Waals surface area contributed by atoms with Crippen molar-refractivity contribution in [2.75, 3.05) is 70.1 Å². The molecule has 0 saturated carbocycles. The van der Waals surface area contributed by atoms with Gasteiger partial charge in [-0.3, -0.25) is 4.90 Å². The quantitative estimate of drug-likeness (QED) is 0.241. The fraction of sp³-hybridized carbons (Fsp3) is 0.581. The third kappa shape index (κ3) is 7.14. The number of nitrogens with two attached hydrogens (primary N) is 1. The highest BCUT2D eigenvalue weighted by atomic mass is 19.4. The lowest BCUT2D eigenvalue weighted by molar-refractivity contribution is -0.191. The predicted octanol–water partition coefficient (Wildman–Crippen LogP) is 5.13. The summed E-state index contributed by atoms with van der Waals surface area (Å²) in [5, 5.41) is 6.22. The Bertz CT molecular complexity index is 1600. The SMILES string of the molecule is CC.Cc1c(F)c(N)cc(-c2nc3c4c(nc(OCC(F)CN5CC6(COC6)C5)nc4c2F)NCCNCCC(C)O3)c1C(F)(F)F. The van der Waals surface area contributed by atoms with Crippen LogP contribution in [0.5, 0.6) is 11.9 Å². The first kappa shape index (κ1) is 34.7. The van der Waals surface area contributed by atoms with Gasteiger partial charge >= 0.3 is 12.2 Å². The summed E-state index contributed by atoms with van der Waals surface area (Å²) in [5.41, 5.74) is 0.879. The minimum Gasteiger partial charge on any atom is -0.474 e. The fourth-order valence-corrected chi connectivity index (χ4v) is 6.00. The molecule has 2 atom stereocenters. The van der Waals surface area contributed by atoms with E-state index in [0.717, 1.165) is 20.0 Å². The third-order valence-electron chi connectivity index (χ3n) is 8.22. The van der Waals surface area contributed by atoms with Crippen LogP contribution in [-0.4, -0.2) is 91.2 Å². The number of aromatic nitrogens is 3. The molecule has 5 heterocycles. The number of pyridine rings is 1. The van der Waals surface area contributed by atoms with Crippen LogP contribution in [-0.2, 0) is 10.9 Å². The van der Waals surface area contributed by atoms with Crippen molar-refractivity contribution in [3.8, 4) is 23.1 Å². The summed E-state index contributed by atoms with van der Waals surface area (Å²) in [5.74, 6) is -2.75. The zero-order chi connectivity index (χ0) is 34.1. The van der Waals surface area contributed by atoms with Crippen molar-refractivity contribution in [2.45, 2.75) is 52.6 Å². The lowest BCUT2D eigenvalue weighted by Crippen LogP contribution is -2.66. The van der Waals surface area contributed by atoms with Gasteiger partial charge in [-0.25, -0.2) is 18.2 Å². The number of anilines is 2. The van der Waals surface area contributed by atoms with Gasteiger partial charge in [-0.15, -0.1) is 0 Å². The highest BCUT2D eigenvalue weighted by molar-refractivity contribution is 5.96. The van der Waals surface area contributed by atoms with E-state index in [4.69, 9.17) is 19.9 Å². The van der Waals surface area contributed by atoms with Crippen molar-refractivity contribution in [3.63, 3.8) is 0 Å². The minimum atomic E-state index is -5.08. The molecule has 3 aliphatic heterocycles. The van der Waals surface area contributed by atoms with Gasteiger partial charge in [0.25, 0.3) is 0 Å². The van der Waals surface area contributed by atoms with Crippen LogP contribution in [0.3, 0.4) is 0 Å². The second-order valence-corrected chi connectivity index (χ2v) is 11.9. The number of hydrogen-bond donors (Lipinski definition) is 3. The molecule has 0 aliphatic carbocycles. The van der Waals surface area contributed by atoms with Crippen LogP contribution in [0.2, 0.25) is 0 Å². The molecule has 4 N–H and O–H groups in total. The van der Waals surface area contributed by atoms with E-state index in [0.29, 0.717) is 45.3 Å². The van der Waals surface area contributed by atoms with Crippen LogP contribution in [0.25, 0.3) is 22.2 Å². The largest absolute Gasteiger partial charge is 0.474 e. The molecule has 1 spiro atoms. The van der Waals surface area contributed by atoms with Crippen LogP contribution >= 0.6 is 0 Å². The number of nitrogens with one attached hydrogen (secondary N) is 2. The number of hydrogen-bond acceptors (Lipinski definition) is 10. The second kappa shape index (κ2) is 13.8. The second-order valence-electron chi connectivity index (χ2n) is 11.9. The first-order valence-corrected chi connectivity index (χ1v) is 15.6. The Hall–Kier alpha value is -3.63. The first-order chi connectivity index (χ1) is 22.3. The smallest absolute Gasteiger partial charge is 0.417 e. The van der Waals surface area contributed by atoms with E-state index in [-0.39, 0.29) is 29.0 Å².